The minimum Gasteiger partial charge on any atom is -0.252 e. The molecule has 0 aliphatic heterocycles. The Morgan fingerprint density at radius 2 is 0.583 bits per heavy atom. The second kappa shape index (κ2) is 40.0. The Morgan fingerprint density at radius 1 is 0.317 bits per heavy atom. The molecule has 334 valence electrons. The first-order valence-corrected chi connectivity index (χ1v) is 25.9. The van der Waals surface area contributed by atoms with Gasteiger partial charge in [-0.25, -0.2) is 0 Å². The molecule has 60 heavy (non-hydrogen) atoms. The van der Waals surface area contributed by atoms with E-state index in [9.17, 15) is 0 Å². The summed E-state index contributed by atoms with van der Waals surface area (Å²) in [5.74, 6) is 13.8. The van der Waals surface area contributed by atoms with Gasteiger partial charge in [0.05, 0.1) is 22.8 Å². The van der Waals surface area contributed by atoms with Crippen LogP contribution in [-0.4, -0.2) is 11.4 Å². The third-order valence-electron chi connectivity index (χ3n) is 11.9. The molecule has 2 aromatic rings. The summed E-state index contributed by atoms with van der Waals surface area (Å²) in [4.78, 5) is 10.5. The van der Waals surface area contributed by atoms with Gasteiger partial charge in [-0.1, -0.05) is 206 Å². The van der Waals surface area contributed by atoms with Crippen LogP contribution in [0.5, 0.6) is 0 Å². The molecule has 0 bridgehead atoms. The molecule has 0 atom stereocenters. The first kappa shape index (κ1) is 53.0. The van der Waals surface area contributed by atoms with Crippen molar-refractivity contribution in [1.29, 1.82) is 0 Å². The number of aryl methyl sites for hydroxylation is 2. The van der Waals surface area contributed by atoms with Gasteiger partial charge in [0.15, 0.2) is 0 Å². The van der Waals surface area contributed by atoms with E-state index in [0.717, 1.165) is 99.8 Å². The molecule has 0 fully saturated rings. The van der Waals surface area contributed by atoms with Gasteiger partial charge in [-0.05, 0) is 86.8 Å². The first-order valence-electron chi connectivity index (χ1n) is 25.9. The van der Waals surface area contributed by atoms with Crippen LogP contribution in [0.25, 0.3) is 0 Å². The zero-order chi connectivity index (χ0) is 42.8. The maximum atomic E-state index is 5.23. The summed E-state index contributed by atoms with van der Waals surface area (Å²) in [6, 6.07) is 17.7. The molecule has 2 rings (SSSR count). The van der Waals surface area contributed by atoms with Crippen LogP contribution in [0.1, 0.15) is 257 Å². The van der Waals surface area contributed by atoms with Crippen molar-refractivity contribution in [2.45, 2.75) is 259 Å². The fourth-order valence-corrected chi connectivity index (χ4v) is 7.88. The SMILES string of the molecule is CCCCCCCCCCCCCCC#CCCc1ccc(N=C(CCCC)C(CCCC)=Nc2ccc(CCC#CCCCCCCCCCCCCCC)cc2)cc1. The predicted molar refractivity (Wildman–Crippen MR) is 270 cm³/mol. The molecule has 0 saturated heterocycles. The number of rotatable bonds is 37. The van der Waals surface area contributed by atoms with Gasteiger partial charge in [0.2, 0.25) is 0 Å². The van der Waals surface area contributed by atoms with Crippen LogP contribution in [0.3, 0.4) is 0 Å². The van der Waals surface area contributed by atoms with Gasteiger partial charge >= 0.3 is 0 Å². The molecule has 0 unspecified atom stereocenters. The van der Waals surface area contributed by atoms with E-state index in [0.29, 0.717) is 0 Å². The lowest BCUT2D eigenvalue weighted by molar-refractivity contribution is 0.545. The van der Waals surface area contributed by atoms with E-state index in [1.54, 1.807) is 0 Å². The number of nitrogens with zero attached hydrogens (tertiary/aromatic N) is 2. The summed E-state index contributed by atoms with van der Waals surface area (Å²) >= 11 is 0. The van der Waals surface area contributed by atoms with Crippen molar-refractivity contribution in [3.8, 4) is 23.7 Å². The Bertz CT molecular complexity index is 1340. The van der Waals surface area contributed by atoms with Crippen LogP contribution < -0.4 is 0 Å². The van der Waals surface area contributed by atoms with Crippen molar-refractivity contribution in [2.75, 3.05) is 0 Å². The average molecular weight is 817 g/mol. The van der Waals surface area contributed by atoms with Crippen molar-refractivity contribution in [1.82, 2.24) is 0 Å². The summed E-state index contributed by atoms with van der Waals surface area (Å²) in [6.07, 6.45) is 45.9. The quantitative estimate of drug-likeness (QED) is 0.0369. The normalized spacial score (nSPS) is 11.7. The summed E-state index contributed by atoms with van der Waals surface area (Å²) in [7, 11) is 0. The highest BCUT2D eigenvalue weighted by molar-refractivity contribution is 6.43. The Balaban J connectivity index is 1.76. The number of unbranched alkanes of at least 4 members (excludes halogenated alkanes) is 26. The van der Waals surface area contributed by atoms with Crippen LogP contribution >= 0.6 is 0 Å². The molecule has 0 amide bonds. The number of benzene rings is 2. The maximum Gasteiger partial charge on any atom is 0.0633 e. The molecular weight excluding hydrogens is 725 g/mol. The van der Waals surface area contributed by atoms with Crippen molar-refractivity contribution in [3.63, 3.8) is 0 Å². The maximum absolute atomic E-state index is 5.23. The minimum atomic E-state index is 0.933. The lowest BCUT2D eigenvalue weighted by atomic mass is 10.0. The Morgan fingerprint density at radius 3 is 0.883 bits per heavy atom. The second-order valence-corrected chi connectivity index (χ2v) is 17.6. The van der Waals surface area contributed by atoms with Gasteiger partial charge in [-0.2, -0.15) is 0 Å². The molecule has 0 aliphatic carbocycles. The van der Waals surface area contributed by atoms with E-state index < -0.39 is 0 Å². The zero-order valence-electron chi connectivity index (χ0n) is 40.0. The third kappa shape index (κ3) is 30.0. The molecule has 0 aromatic heterocycles. The average Bonchev–Trinajstić information content (AvgIpc) is 3.27. The fraction of sp³-hybridized carbons (Fsp3) is 0.690. The molecule has 0 N–H and O–H groups in total. The van der Waals surface area contributed by atoms with Gasteiger partial charge < -0.3 is 0 Å². The molecule has 0 radical (unpaired) electrons. The van der Waals surface area contributed by atoms with Gasteiger partial charge in [0.25, 0.3) is 0 Å². The van der Waals surface area contributed by atoms with Gasteiger partial charge in [-0.15, -0.1) is 23.7 Å². The van der Waals surface area contributed by atoms with Crippen molar-refractivity contribution in [3.05, 3.63) is 59.7 Å². The summed E-state index contributed by atoms with van der Waals surface area (Å²) < 4.78 is 0. The van der Waals surface area contributed by atoms with E-state index in [-0.39, 0.29) is 0 Å². The van der Waals surface area contributed by atoms with E-state index in [4.69, 9.17) is 9.98 Å². The second-order valence-electron chi connectivity index (χ2n) is 17.6. The molecule has 0 saturated carbocycles. The van der Waals surface area contributed by atoms with Crippen molar-refractivity contribution in [2.24, 2.45) is 9.98 Å². The third-order valence-corrected chi connectivity index (χ3v) is 11.9. The molecule has 2 heteroatoms. The van der Waals surface area contributed by atoms with E-state index >= 15 is 0 Å². The van der Waals surface area contributed by atoms with Crippen LogP contribution in [0.2, 0.25) is 0 Å². The monoisotopic (exact) mass is 817 g/mol. The highest BCUT2D eigenvalue weighted by Gasteiger charge is 2.11. The predicted octanol–water partition coefficient (Wildman–Crippen LogP) is 19.0. The molecular formula is C58H92N2. The molecule has 2 nitrogen and oxygen atoms in total. The number of hydrogen-bond donors (Lipinski definition) is 0. The van der Waals surface area contributed by atoms with Gasteiger partial charge in [0, 0.05) is 25.7 Å². The largest absolute Gasteiger partial charge is 0.252 e. The Labute approximate surface area is 373 Å². The van der Waals surface area contributed by atoms with Crippen molar-refractivity contribution >= 4 is 22.8 Å². The Kier molecular flexibility index (Phi) is 35.4. The molecule has 0 heterocycles. The van der Waals surface area contributed by atoms with Crippen LogP contribution in [0, 0.1) is 23.7 Å². The van der Waals surface area contributed by atoms with Gasteiger partial charge in [-0.3, -0.25) is 9.98 Å². The topological polar surface area (TPSA) is 24.7 Å². The first-order chi connectivity index (χ1) is 29.7. The van der Waals surface area contributed by atoms with E-state index in [1.807, 2.05) is 0 Å². The zero-order valence-corrected chi connectivity index (χ0v) is 40.0. The molecule has 0 spiro atoms. The summed E-state index contributed by atoms with van der Waals surface area (Å²) in [5, 5.41) is 0. The summed E-state index contributed by atoms with van der Waals surface area (Å²) in [6.45, 7) is 9.12. The van der Waals surface area contributed by atoms with Gasteiger partial charge in [0.1, 0.15) is 0 Å². The minimum absolute atomic E-state index is 0.933. The standard InChI is InChI=1S/C58H92N2/c1-5-9-13-15-17-19-21-23-25-27-29-31-33-35-37-39-41-53-45-49-55(50-46-53)59-57(43-11-7-3)58(44-12-8-4)60-56-51-47-54(48-52-56)42-40-38-36-34-32-30-28-26-24-22-20-18-16-14-10-6-2/h45-52H,5-34,39-44H2,1-4H3. The lowest BCUT2D eigenvalue weighted by Gasteiger charge is -2.11. The highest BCUT2D eigenvalue weighted by Crippen LogP contribution is 2.21. The van der Waals surface area contributed by atoms with Crippen LogP contribution in [-0.2, 0) is 12.8 Å². The van der Waals surface area contributed by atoms with E-state index in [2.05, 4.69) is 99.9 Å². The molecule has 2 aromatic carbocycles. The molecule has 0 aliphatic rings. The summed E-state index contributed by atoms with van der Waals surface area (Å²) in [5.41, 5.74) is 7.04. The highest BCUT2D eigenvalue weighted by atomic mass is 14.8. The van der Waals surface area contributed by atoms with Crippen LogP contribution in [0.15, 0.2) is 58.5 Å². The lowest BCUT2D eigenvalue weighted by Crippen LogP contribution is -2.14. The Hall–Kier alpha value is -3.10. The smallest absolute Gasteiger partial charge is 0.0633 e. The number of hydrogen-bond acceptors (Lipinski definition) is 2. The van der Waals surface area contributed by atoms with Crippen LogP contribution in [0.4, 0.5) is 11.4 Å². The fourth-order valence-electron chi connectivity index (χ4n) is 7.88. The van der Waals surface area contributed by atoms with Crippen molar-refractivity contribution < 1.29 is 0 Å². The van der Waals surface area contributed by atoms with E-state index in [1.165, 1.54) is 165 Å². The number of aliphatic imine (C=N–C) groups is 2.